The lowest BCUT2D eigenvalue weighted by Gasteiger charge is -2.09. The SMILES string of the molecule is CNc1nc(NCCCCCO)c(F)cc1F. The Morgan fingerprint density at radius 3 is 2.53 bits per heavy atom. The van der Waals surface area contributed by atoms with Gasteiger partial charge in [0.2, 0.25) is 0 Å². The zero-order valence-corrected chi connectivity index (χ0v) is 9.76. The van der Waals surface area contributed by atoms with Gasteiger partial charge in [-0.2, -0.15) is 0 Å². The van der Waals surface area contributed by atoms with E-state index in [9.17, 15) is 8.78 Å². The van der Waals surface area contributed by atoms with Crippen molar-refractivity contribution in [3.05, 3.63) is 17.7 Å². The molecule has 0 radical (unpaired) electrons. The van der Waals surface area contributed by atoms with Gasteiger partial charge in [0.15, 0.2) is 23.3 Å². The minimum atomic E-state index is -0.712. The standard InChI is InChI=1S/C11H17F2N3O/c1-14-10-8(12)7-9(13)11(16-10)15-5-3-2-4-6-17/h7,17H,2-6H2,1H3,(H2,14,15,16). The predicted octanol–water partition coefficient (Wildman–Crippen LogP) is 1.98. The smallest absolute Gasteiger partial charge is 0.168 e. The average Bonchev–Trinajstić information content (AvgIpc) is 2.31. The topological polar surface area (TPSA) is 57.2 Å². The molecule has 0 fully saturated rings. The van der Waals surface area contributed by atoms with Crippen LogP contribution in [0.15, 0.2) is 6.07 Å². The second-order valence-corrected chi connectivity index (χ2v) is 3.61. The van der Waals surface area contributed by atoms with Crippen molar-refractivity contribution in [3.8, 4) is 0 Å². The zero-order chi connectivity index (χ0) is 12.7. The second kappa shape index (κ2) is 7.01. The van der Waals surface area contributed by atoms with Crippen molar-refractivity contribution in [1.82, 2.24) is 4.98 Å². The first-order chi connectivity index (χ1) is 8.19. The Morgan fingerprint density at radius 1 is 1.18 bits per heavy atom. The van der Waals surface area contributed by atoms with Crippen molar-refractivity contribution in [2.75, 3.05) is 30.8 Å². The Morgan fingerprint density at radius 2 is 1.88 bits per heavy atom. The fourth-order valence-electron chi connectivity index (χ4n) is 1.39. The number of nitrogens with zero attached hydrogens (tertiary/aromatic N) is 1. The summed E-state index contributed by atoms with van der Waals surface area (Å²) >= 11 is 0. The fourth-order valence-corrected chi connectivity index (χ4v) is 1.39. The molecule has 3 N–H and O–H groups in total. The van der Waals surface area contributed by atoms with Crippen LogP contribution in [0.25, 0.3) is 0 Å². The van der Waals surface area contributed by atoms with Crippen molar-refractivity contribution in [1.29, 1.82) is 0 Å². The quantitative estimate of drug-likeness (QED) is 0.643. The molecule has 4 nitrogen and oxygen atoms in total. The van der Waals surface area contributed by atoms with E-state index in [1.54, 1.807) is 0 Å². The van der Waals surface area contributed by atoms with Crippen molar-refractivity contribution >= 4 is 11.6 Å². The van der Waals surface area contributed by atoms with Crippen LogP contribution in [-0.4, -0.2) is 30.3 Å². The minimum absolute atomic E-state index is 0.0178. The van der Waals surface area contributed by atoms with E-state index in [4.69, 9.17) is 5.11 Å². The summed E-state index contributed by atoms with van der Waals surface area (Å²) < 4.78 is 26.4. The summed E-state index contributed by atoms with van der Waals surface area (Å²) in [6, 6.07) is 0.800. The Labute approximate surface area is 99.1 Å². The number of pyridine rings is 1. The number of hydrogen-bond donors (Lipinski definition) is 3. The average molecular weight is 245 g/mol. The van der Waals surface area contributed by atoms with Gasteiger partial charge in [0, 0.05) is 26.3 Å². The Hall–Kier alpha value is -1.43. The molecule has 0 aliphatic heterocycles. The third-order valence-corrected chi connectivity index (χ3v) is 2.29. The molecule has 1 rings (SSSR count). The van der Waals surface area contributed by atoms with Crippen LogP contribution < -0.4 is 10.6 Å². The number of rotatable bonds is 7. The molecule has 0 aromatic carbocycles. The van der Waals surface area contributed by atoms with Crippen LogP contribution in [-0.2, 0) is 0 Å². The van der Waals surface area contributed by atoms with Gasteiger partial charge in [-0.3, -0.25) is 0 Å². The largest absolute Gasteiger partial charge is 0.396 e. The van der Waals surface area contributed by atoms with Crippen LogP contribution in [0.1, 0.15) is 19.3 Å². The molecule has 0 atom stereocenters. The molecule has 0 amide bonds. The molecule has 0 saturated heterocycles. The number of hydrogen-bond acceptors (Lipinski definition) is 4. The third kappa shape index (κ3) is 4.14. The molecule has 0 spiro atoms. The highest BCUT2D eigenvalue weighted by Crippen LogP contribution is 2.18. The van der Waals surface area contributed by atoms with Gasteiger partial charge in [-0.05, 0) is 19.3 Å². The first kappa shape index (κ1) is 13.6. The molecule has 1 heterocycles. The van der Waals surface area contributed by atoms with E-state index in [0.717, 1.165) is 25.3 Å². The van der Waals surface area contributed by atoms with Gasteiger partial charge in [-0.15, -0.1) is 0 Å². The number of aliphatic hydroxyl groups is 1. The summed E-state index contributed by atoms with van der Waals surface area (Å²) in [5.41, 5.74) is 0. The van der Waals surface area contributed by atoms with Crippen LogP contribution in [0.2, 0.25) is 0 Å². The molecule has 0 bridgehead atoms. The van der Waals surface area contributed by atoms with Crippen molar-refractivity contribution in [3.63, 3.8) is 0 Å². The Kier molecular flexibility index (Phi) is 5.62. The van der Waals surface area contributed by atoms with Crippen molar-refractivity contribution in [2.45, 2.75) is 19.3 Å². The number of anilines is 2. The van der Waals surface area contributed by atoms with Gasteiger partial charge in [0.05, 0.1) is 0 Å². The van der Waals surface area contributed by atoms with Gasteiger partial charge in [-0.25, -0.2) is 13.8 Å². The van der Waals surface area contributed by atoms with E-state index >= 15 is 0 Å². The maximum absolute atomic E-state index is 13.3. The highest BCUT2D eigenvalue weighted by molar-refractivity contribution is 5.47. The molecule has 0 aliphatic carbocycles. The zero-order valence-electron chi connectivity index (χ0n) is 9.76. The van der Waals surface area contributed by atoms with E-state index in [1.165, 1.54) is 7.05 Å². The van der Waals surface area contributed by atoms with Gasteiger partial charge in [0.25, 0.3) is 0 Å². The molecule has 0 saturated carbocycles. The van der Waals surface area contributed by atoms with Crippen LogP contribution in [0.4, 0.5) is 20.4 Å². The van der Waals surface area contributed by atoms with Crippen molar-refractivity contribution < 1.29 is 13.9 Å². The van der Waals surface area contributed by atoms with Gasteiger partial charge in [0.1, 0.15) is 0 Å². The molecule has 96 valence electrons. The van der Waals surface area contributed by atoms with E-state index in [1.807, 2.05) is 0 Å². The van der Waals surface area contributed by atoms with E-state index in [-0.39, 0.29) is 18.2 Å². The van der Waals surface area contributed by atoms with Crippen LogP contribution in [0.5, 0.6) is 0 Å². The molecule has 6 heteroatoms. The number of aromatic nitrogens is 1. The lowest BCUT2D eigenvalue weighted by Crippen LogP contribution is -2.08. The van der Waals surface area contributed by atoms with Crippen LogP contribution in [0.3, 0.4) is 0 Å². The summed E-state index contributed by atoms with van der Waals surface area (Å²) in [6.07, 6.45) is 2.38. The molecular weight excluding hydrogens is 228 g/mol. The highest BCUT2D eigenvalue weighted by Gasteiger charge is 2.10. The molecular formula is C11H17F2N3O. The summed E-state index contributed by atoms with van der Waals surface area (Å²) in [5, 5.41) is 13.9. The van der Waals surface area contributed by atoms with Gasteiger partial charge < -0.3 is 15.7 Å². The lowest BCUT2D eigenvalue weighted by atomic mass is 10.2. The van der Waals surface area contributed by atoms with E-state index in [2.05, 4.69) is 15.6 Å². The molecule has 0 aliphatic rings. The number of aliphatic hydroxyl groups excluding tert-OH is 1. The van der Waals surface area contributed by atoms with Crippen LogP contribution in [0, 0.1) is 11.6 Å². The predicted molar refractivity (Wildman–Crippen MR) is 63.1 cm³/mol. The van der Waals surface area contributed by atoms with E-state index < -0.39 is 11.6 Å². The molecule has 1 aromatic heterocycles. The highest BCUT2D eigenvalue weighted by atomic mass is 19.1. The van der Waals surface area contributed by atoms with E-state index in [0.29, 0.717) is 6.54 Å². The first-order valence-corrected chi connectivity index (χ1v) is 5.57. The minimum Gasteiger partial charge on any atom is -0.396 e. The molecule has 0 unspecified atom stereocenters. The third-order valence-electron chi connectivity index (χ3n) is 2.29. The maximum atomic E-state index is 13.3. The molecule has 17 heavy (non-hydrogen) atoms. The van der Waals surface area contributed by atoms with Crippen molar-refractivity contribution in [2.24, 2.45) is 0 Å². The molecule has 1 aromatic rings. The maximum Gasteiger partial charge on any atom is 0.168 e. The summed E-state index contributed by atoms with van der Waals surface area (Å²) in [4.78, 5) is 3.79. The first-order valence-electron chi connectivity index (χ1n) is 5.57. The summed E-state index contributed by atoms with van der Waals surface area (Å²) in [6.45, 7) is 0.700. The number of halogens is 2. The van der Waals surface area contributed by atoms with Gasteiger partial charge >= 0.3 is 0 Å². The second-order valence-electron chi connectivity index (χ2n) is 3.61. The lowest BCUT2D eigenvalue weighted by molar-refractivity contribution is 0.283. The normalized spacial score (nSPS) is 10.4. The number of unbranched alkanes of at least 4 members (excludes halogenated alkanes) is 2. The monoisotopic (exact) mass is 245 g/mol. The summed E-state index contributed by atoms with van der Waals surface area (Å²) in [7, 11) is 1.52. The fraction of sp³-hybridized carbons (Fsp3) is 0.545. The van der Waals surface area contributed by atoms with Crippen LogP contribution >= 0.6 is 0 Å². The van der Waals surface area contributed by atoms with Gasteiger partial charge in [-0.1, -0.05) is 0 Å². The summed E-state index contributed by atoms with van der Waals surface area (Å²) in [5.74, 6) is -1.36. The Bertz CT molecular complexity index is 361. The number of nitrogens with one attached hydrogen (secondary N) is 2. The Balaban J connectivity index is 2.52.